The molecule has 3 heteroatoms. The van der Waals surface area contributed by atoms with Gasteiger partial charge in [-0.15, -0.1) is 0 Å². The molecule has 0 bridgehead atoms. The van der Waals surface area contributed by atoms with Crippen LogP contribution in [0.15, 0.2) is 36.4 Å². The highest BCUT2D eigenvalue weighted by Gasteiger charge is 2.08. The minimum Gasteiger partial charge on any atom is -0.329 e. The van der Waals surface area contributed by atoms with E-state index in [1.807, 2.05) is 7.05 Å². The van der Waals surface area contributed by atoms with E-state index in [0.717, 1.165) is 30.2 Å². The molecule has 1 heterocycles. The van der Waals surface area contributed by atoms with E-state index >= 15 is 0 Å². The average Bonchev–Trinajstić information content (AvgIpc) is 2.47. The summed E-state index contributed by atoms with van der Waals surface area (Å²) in [6.07, 6.45) is 0.951. The van der Waals surface area contributed by atoms with Crippen LogP contribution in [0.5, 0.6) is 0 Å². The van der Waals surface area contributed by atoms with Crippen LogP contribution in [-0.2, 0) is 13.0 Å². The highest BCUT2D eigenvalue weighted by atomic mass is 15.2. The molecule has 0 unspecified atom stereocenters. The SMILES string of the molecule is CCc1cc(CNC)cc(N(C)c2ccc(C)cc2)n1. The van der Waals surface area contributed by atoms with E-state index < -0.39 is 0 Å². The Kier molecular flexibility index (Phi) is 4.74. The van der Waals surface area contributed by atoms with Gasteiger partial charge in [0.2, 0.25) is 0 Å². The van der Waals surface area contributed by atoms with Crippen molar-refractivity contribution in [2.75, 3.05) is 19.0 Å². The van der Waals surface area contributed by atoms with E-state index in [9.17, 15) is 0 Å². The van der Waals surface area contributed by atoms with Crippen LogP contribution in [0.3, 0.4) is 0 Å². The van der Waals surface area contributed by atoms with Gasteiger partial charge in [0.25, 0.3) is 0 Å². The minimum atomic E-state index is 0.865. The molecule has 1 aromatic heterocycles. The van der Waals surface area contributed by atoms with Crippen LogP contribution >= 0.6 is 0 Å². The molecule has 0 spiro atoms. The Labute approximate surface area is 121 Å². The van der Waals surface area contributed by atoms with Gasteiger partial charge in [0.05, 0.1) is 0 Å². The predicted molar refractivity (Wildman–Crippen MR) is 85.6 cm³/mol. The molecule has 0 atom stereocenters. The Hall–Kier alpha value is -1.87. The van der Waals surface area contributed by atoms with Crippen molar-refractivity contribution in [3.63, 3.8) is 0 Å². The molecule has 0 radical (unpaired) electrons. The number of pyridine rings is 1. The van der Waals surface area contributed by atoms with E-state index in [0.29, 0.717) is 0 Å². The zero-order chi connectivity index (χ0) is 14.5. The van der Waals surface area contributed by atoms with E-state index in [2.05, 4.69) is 67.5 Å². The van der Waals surface area contributed by atoms with Gasteiger partial charge in [-0.05, 0) is 50.2 Å². The zero-order valence-corrected chi connectivity index (χ0v) is 12.8. The number of hydrogen-bond acceptors (Lipinski definition) is 3. The summed E-state index contributed by atoms with van der Waals surface area (Å²) in [4.78, 5) is 6.87. The van der Waals surface area contributed by atoms with Crippen LogP contribution in [0, 0.1) is 6.92 Å². The fraction of sp³-hybridized carbons (Fsp3) is 0.353. The average molecular weight is 269 g/mol. The lowest BCUT2D eigenvalue weighted by Crippen LogP contribution is -2.14. The third-order valence-electron chi connectivity index (χ3n) is 3.43. The maximum absolute atomic E-state index is 4.73. The molecule has 1 aromatic carbocycles. The Morgan fingerprint density at radius 3 is 2.45 bits per heavy atom. The van der Waals surface area contributed by atoms with Gasteiger partial charge in [0, 0.05) is 25.0 Å². The first-order valence-corrected chi connectivity index (χ1v) is 7.09. The summed E-state index contributed by atoms with van der Waals surface area (Å²) in [6.45, 7) is 5.11. The Balaban J connectivity index is 2.34. The molecule has 0 aliphatic heterocycles. The van der Waals surface area contributed by atoms with E-state index in [1.54, 1.807) is 0 Å². The third kappa shape index (κ3) is 3.36. The number of benzene rings is 1. The molecule has 0 saturated carbocycles. The second-order valence-corrected chi connectivity index (χ2v) is 5.10. The number of anilines is 2. The number of rotatable bonds is 5. The normalized spacial score (nSPS) is 10.6. The molecule has 2 rings (SSSR count). The molecule has 20 heavy (non-hydrogen) atoms. The molecule has 2 aromatic rings. The summed E-state index contributed by atoms with van der Waals surface area (Å²) in [5.41, 5.74) is 4.83. The number of nitrogens with one attached hydrogen (secondary N) is 1. The summed E-state index contributed by atoms with van der Waals surface area (Å²) < 4.78 is 0. The number of aromatic nitrogens is 1. The van der Waals surface area contributed by atoms with Gasteiger partial charge in [-0.1, -0.05) is 24.6 Å². The van der Waals surface area contributed by atoms with Gasteiger partial charge in [0.1, 0.15) is 5.82 Å². The van der Waals surface area contributed by atoms with Crippen LogP contribution in [0.25, 0.3) is 0 Å². The smallest absolute Gasteiger partial charge is 0.133 e. The zero-order valence-electron chi connectivity index (χ0n) is 12.8. The quantitative estimate of drug-likeness (QED) is 0.901. The molecule has 106 valence electrons. The van der Waals surface area contributed by atoms with Crippen molar-refractivity contribution in [2.24, 2.45) is 0 Å². The molecule has 0 aliphatic rings. The lowest BCUT2D eigenvalue weighted by Gasteiger charge is -2.20. The maximum Gasteiger partial charge on any atom is 0.133 e. The molecular formula is C17H23N3. The van der Waals surface area contributed by atoms with Crippen LogP contribution < -0.4 is 10.2 Å². The van der Waals surface area contributed by atoms with Crippen molar-refractivity contribution >= 4 is 11.5 Å². The topological polar surface area (TPSA) is 28.2 Å². The molecule has 0 aliphatic carbocycles. The highest BCUT2D eigenvalue weighted by Crippen LogP contribution is 2.23. The molecule has 0 fully saturated rings. The van der Waals surface area contributed by atoms with E-state index in [4.69, 9.17) is 4.98 Å². The van der Waals surface area contributed by atoms with Crippen molar-refractivity contribution in [2.45, 2.75) is 26.8 Å². The number of aryl methyl sites for hydroxylation is 2. The molecule has 0 amide bonds. The molecule has 3 nitrogen and oxygen atoms in total. The van der Waals surface area contributed by atoms with Crippen LogP contribution in [0.1, 0.15) is 23.7 Å². The van der Waals surface area contributed by atoms with Gasteiger partial charge >= 0.3 is 0 Å². The molecule has 0 saturated heterocycles. The maximum atomic E-state index is 4.73. The van der Waals surface area contributed by atoms with Crippen LogP contribution in [0.2, 0.25) is 0 Å². The predicted octanol–water partition coefficient (Wildman–Crippen LogP) is 3.44. The van der Waals surface area contributed by atoms with E-state index in [1.165, 1.54) is 11.1 Å². The second kappa shape index (κ2) is 6.53. The fourth-order valence-corrected chi connectivity index (χ4v) is 2.19. The Morgan fingerprint density at radius 1 is 1.15 bits per heavy atom. The fourth-order valence-electron chi connectivity index (χ4n) is 2.19. The lowest BCUT2D eigenvalue weighted by atomic mass is 10.1. The number of nitrogens with zero attached hydrogens (tertiary/aromatic N) is 2. The van der Waals surface area contributed by atoms with Gasteiger partial charge in [-0.2, -0.15) is 0 Å². The van der Waals surface area contributed by atoms with E-state index in [-0.39, 0.29) is 0 Å². The standard InChI is InChI=1S/C17H23N3/c1-5-15-10-14(12-18-3)11-17(19-15)20(4)16-8-6-13(2)7-9-16/h6-11,18H,5,12H2,1-4H3. The van der Waals surface area contributed by atoms with Crippen molar-refractivity contribution in [3.8, 4) is 0 Å². The highest BCUT2D eigenvalue weighted by molar-refractivity contribution is 5.60. The largest absolute Gasteiger partial charge is 0.329 e. The molecular weight excluding hydrogens is 246 g/mol. The lowest BCUT2D eigenvalue weighted by molar-refractivity contribution is 0.811. The monoisotopic (exact) mass is 269 g/mol. The minimum absolute atomic E-state index is 0.865. The summed E-state index contributed by atoms with van der Waals surface area (Å²) in [5, 5.41) is 3.20. The van der Waals surface area contributed by atoms with Crippen molar-refractivity contribution in [1.29, 1.82) is 0 Å². The summed E-state index contributed by atoms with van der Waals surface area (Å²) in [5.74, 6) is 0.999. The van der Waals surface area contributed by atoms with Gasteiger partial charge in [-0.3, -0.25) is 0 Å². The summed E-state index contributed by atoms with van der Waals surface area (Å²) >= 11 is 0. The summed E-state index contributed by atoms with van der Waals surface area (Å²) in [6, 6.07) is 12.8. The van der Waals surface area contributed by atoms with Gasteiger partial charge < -0.3 is 10.2 Å². The first-order valence-electron chi connectivity index (χ1n) is 7.09. The van der Waals surface area contributed by atoms with Crippen molar-refractivity contribution < 1.29 is 0 Å². The Bertz CT molecular complexity index is 561. The van der Waals surface area contributed by atoms with Crippen LogP contribution in [0.4, 0.5) is 11.5 Å². The van der Waals surface area contributed by atoms with Gasteiger partial charge in [0.15, 0.2) is 0 Å². The first kappa shape index (κ1) is 14.5. The molecule has 1 N–H and O–H groups in total. The Morgan fingerprint density at radius 2 is 1.85 bits per heavy atom. The van der Waals surface area contributed by atoms with Gasteiger partial charge in [-0.25, -0.2) is 4.98 Å². The third-order valence-corrected chi connectivity index (χ3v) is 3.43. The summed E-state index contributed by atoms with van der Waals surface area (Å²) in [7, 11) is 4.03. The first-order chi connectivity index (χ1) is 9.63. The van der Waals surface area contributed by atoms with Crippen molar-refractivity contribution in [3.05, 3.63) is 53.2 Å². The van der Waals surface area contributed by atoms with Crippen LogP contribution in [-0.4, -0.2) is 19.1 Å². The van der Waals surface area contributed by atoms with Crippen molar-refractivity contribution in [1.82, 2.24) is 10.3 Å². The number of hydrogen-bond donors (Lipinski definition) is 1. The second-order valence-electron chi connectivity index (χ2n) is 5.10.